The third kappa shape index (κ3) is 2.10. The number of hydrogen-bond acceptors (Lipinski definition) is 6. The van der Waals surface area contributed by atoms with Crippen LogP contribution in [0.3, 0.4) is 0 Å². The smallest absolute Gasteiger partial charge is 0.177 e. The molecule has 2 aromatic heterocycles. The van der Waals surface area contributed by atoms with Gasteiger partial charge in [0, 0.05) is 10.8 Å². The van der Waals surface area contributed by atoms with Crippen molar-refractivity contribution < 1.29 is 0 Å². The Bertz CT molecular complexity index is 1740. The van der Waals surface area contributed by atoms with Crippen molar-refractivity contribution >= 4 is 54.6 Å². The molecule has 0 bridgehead atoms. The molecule has 4 aromatic carbocycles. The van der Waals surface area contributed by atoms with E-state index in [1.165, 1.54) is 0 Å². The van der Waals surface area contributed by atoms with Gasteiger partial charge in [0.05, 0.1) is 11.0 Å². The normalized spacial score (nSPS) is 11.3. The molecular weight excluding hydrogens is 372 g/mol. The molecule has 0 saturated heterocycles. The minimum absolute atomic E-state index is 0.00700. The van der Waals surface area contributed by atoms with Gasteiger partial charge in [0.1, 0.15) is 34.2 Å². The third-order valence-electron chi connectivity index (χ3n) is 5.32. The standard InChI is InChI=1S/C24H10N6/c25-11-18-19(12-26)30-23-21(29-18)15-10-9-13-5-1-2-6-14(13)20(15)22-24(23)28-17-8-4-3-7-16(17)27-22/h1-10H. The first-order chi connectivity index (χ1) is 14.8. The van der Waals surface area contributed by atoms with E-state index >= 15 is 0 Å². The monoisotopic (exact) mass is 382 g/mol. The molecule has 0 N–H and O–H groups in total. The van der Waals surface area contributed by atoms with Crippen molar-refractivity contribution in [3.63, 3.8) is 0 Å². The van der Waals surface area contributed by atoms with Crippen molar-refractivity contribution in [3.05, 3.63) is 72.1 Å². The summed E-state index contributed by atoms with van der Waals surface area (Å²) in [6.45, 7) is 0. The van der Waals surface area contributed by atoms with Crippen molar-refractivity contribution in [1.29, 1.82) is 10.5 Å². The lowest BCUT2D eigenvalue weighted by Gasteiger charge is -2.12. The van der Waals surface area contributed by atoms with Crippen LogP contribution in [0.1, 0.15) is 11.4 Å². The van der Waals surface area contributed by atoms with Crippen molar-refractivity contribution in [1.82, 2.24) is 19.9 Å². The number of fused-ring (bicyclic) bond motifs is 9. The van der Waals surface area contributed by atoms with E-state index in [4.69, 9.17) is 9.97 Å². The van der Waals surface area contributed by atoms with Crippen LogP contribution in [0.15, 0.2) is 60.7 Å². The van der Waals surface area contributed by atoms with Gasteiger partial charge < -0.3 is 0 Å². The summed E-state index contributed by atoms with van der Waals surface area (Å²) < 4.78 is 0. The Labute approximate surface area is 169 Å². The number of nitriles is 2. The minimum Gasteiger partial charge on any atom is -0.244 e. The topological polar surface area (TPSA) is 99.1 Å². The third-order valence-corrected chi connectivity index (χ3v) is 5.32. The van der Waals surface area contributed by atoms with Crippen LogP contribution in [-0.2, 0) is 0 Å². The zero-order valence-electron chi connectivity index (χ0n) is 15.5. The number of benzene rings is 4. The van der Waals surface area contributed by atoms with E-state index in [2.05, 4.69) is 9.97 Å². The minimum atomic E-state index is -0.0126. The second-order valence-electron chi connectivity index (χ2n) is 6.96. The van der Waals surface area contributed by atoms with Crippen LogP contribution in [0.4, 0.5) is 0 Å². The van der Waals surface area contributed by atoms with E-state index in [-0.39, 0.29) is 11.4 Å². The highest BCUT2D eigenvalue weighted by atomic mass is 14.9. The molecule has 0 fully saturated rings. The highest BCUT2D eigenvalue weighted by Gasteiger charge is 2.19. The Hall–Kier alpha value is -4.68. The maximum atomic E-state index is 9.48. The van der Waals surface area contributed by atoms with E-state index in [1.807, 2.05) is 72.8 Å². The molecule has 30 heavy (non-hydrogen) atoms. The first-order valence-corrected chi connectivity index (χ1v) is 9.30. The molecule has 0 amide bonds. The fraction of sp³-hybridized carbons (Fsp3) is 0. The van der Waals surface area contributed by atoms with Gasteiger partial charge in [-0.15, -0.1) is 0 Å². The van der Waals surface area contributed by atoms with E-state index in [9.17, 15) is 10.5 Å². The molecule has 6 nitrogen and oxygen atoms in total. The van der Waals surface area contributed by atoms with Crippen molar-refractivity contribution in [2.24, 2.45) is 0 Å². The molecule has 0 radical (unpaired) electrons. The van der Waals surface area contributed by atoms with Gasteiger partial charge in [-0.05, 0) is 22.9 Å². The van der Waals surface area contributed by atoms with E-state index in [1.54, 1.807) is 0 Å². The molecule has 0 aliphatic rings. The lowest BCUT2D eigenvalue weighted by atomic mass is 9.98. The number of nitrogens with zero attached hydrogens (tertiary/aromatic N) is 6. The van der Waals surface area contributed by atoms with Crippen LogP contribution in [-0.4, -0.2) is 19.9 Å². The zero-order valence-corrected chi connectivity index (χ0v) is 15.5. The van der Waals surface area contributed by atoms with Gasteiger partial charge in [0.25, 0.3) is 0 Å². The van der Waals surface area contributed by atoms with Gasteiger partial charge in [-0.2, -0.15) is 10.5 Å². The quantitative estimate of drug-likeness (QED) is 0.277. The van der Waals surface area contributed by atoms with Crippen molar-refractivity contribution in [3.8, 4) is 12.1 Å². The first-order valence-electron chi connectivity index (χ1n) is 9.30. The molecule has 6 rings (SSSR count). The molecule has 136 valence electrons. The first kappa shape index (κ1) is 16.3. The van der Waals surface area contributed by atoms with Crippen LogP contribution >= 0.6 is 0 Å². The fourth-order valence-corrected chi connectivity index (χ4v) is 4.01. The average molecular weight is 382 g/mol. The van der Waals surface area contributed by atoms with Gasteiger partial charge in [-0.1, -0.05) is 48.5 Å². The largest absolute Gasteiger partial charge is 0.244 e. The number of aromatic nitrogens is 4. The predicted octanol–water partition coefficient (Wildman–Crippen LogP) is 4.78. The highest BCUT2D eigenvalue weighted by Crippen LogP contribution is 2.36. The van der Waals surface area contributed by atoms with E-state index < -0.39 is 0 Å². The predicted molar refractivity (Wildman–Crippen MR) is 115 cm³/mol. The van der Waals surface area contributed by atoms with Gasteiger partial charge in [-0.3, -0.25) is 0 Å². The van der Waals surface area contributed by atoms with Crippen molar-refractivity contribution in [2.45, 2.75) is 0 Å². The summed E-state index contributed by atoms with van der Waals surface area (Å²) in [5, 5.41) is 22.8. The Morgan fingerprint density at radius 1 is 0.533 bits per heavy atom. The Morgan fingerprint density at radius 3 is 1.87 bits per heavy atom. The number of para-hydroxylation sites is 2. The molecule has 6 aromatic rings. The maximum Gasteiger partial charge on any atom is 0.177 e. The maximum absolute atomic E-state index is 9.48. The lowest BCUT2D eigenvalue weighted by Crippen LogP contribution is -2.00. The van der Waals surface area contributed by atoms with Crippen LogP contribution in [0.25, 0.3) is 54.6 Å². The molecule has 0 aliphatic carbocycles. The van der Waals surface area contributed by atoms with Crippen molar-refractivity contribution in [2.75, 3.05) is 0 Å². The molecule has 2 heterocycles. The second kappa shape index (κ2) is 5.91. The summed E-state index contributed by atoms with van der Waals surface area (Å²) in [7, 11) is 0. The van der Waals surface area contributed by atoms with Crippen LogP contribution in [0, 0.1) is 22.7 Å². The SMILES string of the molecule is N#Cc1nc2c3ccc4ccccc4c3c3nc4ccccc4nc3c2nc1C#N. The average Bonchev–Trinajstić information content (AvgIpc) is 2.81. The van der Waals surface area contributed by atoms with E-state index in [0.29, 0.717) is 22.1 Å². The molecule has 0 unspecified atom stereocenters. The van der Waals surface area contributed by atoms with E-state index in [0.717, 1.165) is 32.6 Å². The van der Waals surface area contributed by atoms with Crippen LogP contribution in [0.5, 0.6) is 0 Å². The summed E-state index contributed by atoms with van der Waals surface area (Å²) in [5.74, 6) is 0. The Balaban J connectivity index is 2.00. The summed E-state index contributed by atoms with van der Waals surface area (Å²) in [6, 6.07) is 23.7. The lowest BCUT2D eigenvalue weighted by molar-refractivity contribution is 1.20. The number of rotatable bonds is 0. The molecule has 6 heteroatoms. The zero-order chi connectivity index (χ0) is 20.2. The summed E-state index contributed by atoms with van der Waals surface area (Å²) >= 11 is 0. The van der Waals surface area contributed by atoms with Gasteiger partial charge in [0.15, 0.2) is 11.4 Å². The van der Waals surface area contributed by atoms with Gasteiger partial charge >= 0.3 is 0 Å². The molecule has 0 saturated carbocycles. The Morgan fingerprint density at radius 2 is 1.13 bits per heavy atom. The van der Waals surface area contributed by atoms with Crippen LogP contribution in [0.2, 0.25) is 0 Å². The molecular formula is C24H10N6. The highest BCUT2D eigenvalue weighted by molar-refractivity contribution is 6.28. The molecule has 0 atom stereocenters. The molecule has 0 aliphatic heterocycles. The second-order valence-corrected chi connectivity index (χ2v) is 6.96. The number of hydrogen-bond donors (Lipinski definition) is 0. The Kier molecular flexibility index (Phi) is 3.21. The summed E-state index contributed by atoms with van der Waals surface area (Å²) in [6.07, 6.45) is 0. The molecule has 0 spiro atoms. The summed E-state index contributed by atoms with van der Waals surface area (Å²) in [5.41, 5.74) is 3.80. The van der Waals surface area contributed by atoms with Gasteiger partial charge in [0.2, 0.25) is 0 Å². The fourth-order valence-electron chi connectivity index (χ4n) is 4.01. The van der Waals surface area contributed by atoms with Crippen LogP contribution < -0.4 is 0 Å². The van der Waals surface area contributed by atoms with Gasteiger partial charge in [-0.25, -0.2) is 19.9 Å². The summed E-state index contributed by atoms with van der Waals surface area (Å²) in [4.78, 5) is 18.8.